The first-order valence-electron chi connectivity index (χ1n) is 8.30. The van der Waals surface area contributed by atoms with Crippen LogP contribution < -0.4 is 40.0 Å². The van der Waals surface area contributed by atoms with Crippen molar-refractivity contribution in [2.45, 2.75) is 25.7 Å². The van der Waals surface area contributed by atoms with Crippen LogP contribution in [0.4, 0.5) is 4.79 Å². The zero-order valence-corrected chi connectivity index (χ0v) is 16.8. The maximum absolute atomic E-state index is 12.6. The monoisotopic (exact) mass is 358 g/mol. The van der Waals surface area contributed by atoms with Crippen LogP contribution in [0, 0.1) is 5.41 Å². The van der Waals surface area contributed by atoms with Crippen LogP contribution in [-0.2, 0) is 17.6 Å². The Kier molecular flexibility index (Phi) is 7.14. The molecule has 0 saturated heterocycles. The summed E-state index contributed by atoms with van der Waals surface area (Å²) in [4.78, 5) is 27.5. The van der Waals surface area contributed by atoms with Crippen LogP contribution in [0.5, 0.6) is 0 Å². The SMILES string of the molecule is O=C1N=C([O-])C(CCc2ccccc2)(CCc2ccccc2)C(=O)N1.[Na+]. The second kappa shape index (κ2) is 9.12. The van der Waals surface area contributed by atoms with Gasteiger partial charge in [0.05, 0.1) is 5.41 Å². The smallest absolute Gasteiger partial charge is 0.861 e. The van der Waals surface area contributed by atoms with E-state index in [0.717, 1.165) is 11.1 Å². The molecule has 128 valence electrons. The predicted octanol–water partition coefficient (Wildman–Crippen LogP) is -0.749. The summed E-state index contributed by atoms with van der Waals surface area (Å²) in [6.45, 7) is 0. The molecule has 0 aromatic heterocycles. The Hall–Kier alpha value is -1.95. The summed E-state index contributed by atoms with van der Waals surface area (Å²) in [5.74, 6) is -1.17. The molecule has 0 bridgehead atoms. The second-order valence-electron chi connectivity index (χ2n) is 6.23. The van der Waals surface area contributed by atoms with E-state index < -0.39 is 23.3 Å². The van der Waals surface area contributed by atoms with Gasteiger partial charge in [-0.2, -0.15) is 0 Å². The second-order valence-corrected chi connectivity index (χ2v) is 6.23. The zero-order valence-electron chi connectivity index (χ0n) is 14.8. The third kappa shape index (κ3) is 4.61. The van der Waals surface area contributed by atoms with Gasteiger partial charge in [-0.3, -0.25) is 10.1 Å². The molecule has 0 aliphatic carbocycles. The summed E-state index contributed by atoms with van der Waals surface area (Å²) in [5, 5.41) is 14.7. The topological polar surface area (TPSA) is 81.6 Å². The molecule has 0 atom stereocenters. The largest absolute Gasteiger partial charge is 1.00 e. The molecular formula is C20H19N2NaO3. The molecule has 2 aromatic carbocycles. The van der Waals surface area contributed by atoms with E-state index in [9.17, 15) is 14.7 Å². The van der Waals surface area contributed by atoms with Crippen molar-refractivity contribution in [2.24, 2.45) is 10.4 Å². The molecule has 1 heterocycles. The molecule has 0 saturated carbocycles. The molecule has 0 unspecified atom stereocenters. The number of benzene rings is 2. The molecule has 3 amide bonds. The van der Waals surface area contributed by atoms with Gasteiger partial charge < -0.3 is 5.11 Å². The molecule has 3 rings (SSSR count). The average molecular weight is 358 g/mol. The quantitative estimate of drug-likeness (QED) is 0.690. The Labute approximate surface area is 174 Å². The van der Waals surface area contributed by atoms with E-state index in [1.807, 2.05) is 60.7 Å². The molecule has 1 aliphatic rings. The van der Waals surface area contributed by atoms with Gasteiger partial charge in [-0.25, -0.2) is 9.79 Å². The first kappa shape index (κ1) is 20.4. The first-order chi connectivity index (χ1) is 12.1. The van der Waals surface area contributed by atoms with Crippen LogP contribution in [0.15, 0.2) is 65.7 Å². The van der Waals surface area contributed by atoms with E-state index in [2.05, 4.69) is 10.3 Å². The van der Waals surface area contributed by atoms with E-state index in [0.29, 0.717) is 25.7 Å². The number of hydrogen-bond donors (Lipinski definition) is 1. The fourth-order valence-corrected chi connectivity index (χ4v) is 3.11. The zero-order chi connectivity index (χ0) is 17.7. The maximum Gasteiger partial charge on any atom is 1.00 e. The number of aryl methyl sites for hydroxylation is 2. The van der Waals surface area contributed by atoms with E-state index in [1.54, 1.807) is 0 Å². The molecule has 0 spiro atoms. The summed E-state index contributed by atoms with van der Waals surface area (Å²) >= 11 is 0. The number of urea groups is 1. The van der Waals surface area contributed by atoms with Crippen LogP contribution in [0.25, 0.3) is 0 Å². The number of amides is 3. The van der Waals surface area contributed by atoms with Crippen molar-refractivity contribution in [3.63, 3.8) is 0 Å². The van der Waals surface area contributed by atoms with Crippen molar-refractivity contribution < 1.29 is 44.3 Å². The Morgan fingerprint density at radius 1 is 0.846 bits per heavy atom. The summed E-state index contributed by atoms with van der Waals surface area (Å²) in [6, 6.07) is 18.5. The van der Waals surface area contributed by atoms with Crippen LogP contribution in [-0.4, -0.2) is 17.8 Å². The number of rotatable bonds is 6. The van der Waals surface area contributed by atoms with E-state index >= 15 is 0 Å². The van der Waals surface area contributed by atoms with Crippen LogP contribution in [0.2, 0.25) is 0 Å². The van der Waals surface area contributed by atoms with Crippen molar-refractivity contribution in [3.05, 3.63) is 71.8 Å². The summed E-state index contributed by atoms with van der Waals surface area (Å²) in [6.07, 6.45) is 1.79. The molecule has 1 N–H and O–H groups in total. The first-order valence-corrected chi connectivity index (χ1v) is 8.30. The minimum Gasteiger partial charge on any atom is -0.861 e. The average Bonchev–Trinajstić information content (AvgIpc) is 2.62. The van der Waals surface area contributed by atoms with Crippen LogP contribution >= 0.6 is 0 Å². The fraction of sp³-hybridized carbons (Fsp3) is 0.250. The molecule has 0 fully saturated rings. The Bertz CT molecular complexity index is 748. The summed E-state index contributed by atoms with van der Waals surface area (Å²) in [7, 11) is 0. The van der Waals surface area contributed by atoms with Gasteiger partial charge in [0.25, 0.3) is 0 Å². The molecule has 26 heavy (non-hydrogen) atoms. The minimum absolute atomic E-state index is 0. The molecule has 1 aliphatic heterocycles. The number of aliphatic imine (C=N–C) groups is 1. The van der Waals surface area contributed by atoms with Crippen molar-refractivity contribution in [1.82, 2.24) is 5.32 Å². The van der Waals surface area contributed by atoms with Crippen molar-refractivity contribution in [1.29, 1.82) is 0 Å². The minimum atomic E-state index is -1.29. The van der Waals surface area contributed by atoms with Gasteiger partial charge in [-0.1, -0.05) is 60.7 Å². The van der Waals surface area contributed by atoms with E-state index in [4.69, 9.17) is 0 Å². The van der Waals surface area contributed by atoms with Crippen LogP contribution in [0.3, 0.4) is 0 Å². The summed E-state index contributed by atoms with van der Waals surface area (Å²) < 4.78 is 0. The predicted molar refractivity (Wildman–Crippen MR) is 92.9 cm³/mol. The maximum atomic E-state index is 12.6. The Morgan fingerprint density at radius 3 is 1.73 bits per heavy atom. The van der Waals surface area contributed by atoms with Gasteiger partial charge in [0, 0.05) is 0 Å². The van der Waals surface area contributed by atoms with Gasteiger partial charge in [0.1, 0.15) is 0 Å². The van der Waals surface area contributed by atoms with Gasteiger partial charge in [-0.05, 0) is 42.7 Å². The van der Waals surface area contributed by atoms with E-state index in [-0.39, 0.29) is 29.6 Å². The van der Waals surface area contributed by atoms with Gasteiger partial charge in [0.15, 0.2) is 0 Å². The molecule has 0 radical (unpaired) electrons. The van der Waals surface area contributed by atoms with Crippen molar-refractivity contribution >= 4 is 17.8 Å². The molecule has 6 heteroatoms. The number of nitrogens with zero attached hydrogens (tertiary/aromatic N) is 1. The summed E-state index contributed by atoms with van der Waals surface area (Å²) in [5.41, 5.74) is 0.790. The van der Waals surface area contributed by atoms with Crippen LogP contribution in [0.1, 0.15) is 24.0 Å². The van der Waals surface area contributed by atoms with Gasteiger partial charge in [-0.15, -0.1) is 0 Å². The normalized spacial score (nSPS) is 15.6. The molecule has 2 aromatic rings. The number of carbonyl (C=O) groups is 2. The van der Waals surface area contributed by atoms with E-state index in [1.165, 1.54) is 0 Å². The third-order valence-corrected chi connectivity index (χ3v) is 4.63. The Morgan fingerprint density at radius 2 is 1.31 bits per heavy atom. The van der Waals surface area contributed by atoms with Gasteiger partial charge >= 0.3 is 35.6 Å². The third-order valence-electron chi connectivity index (χ3n) is 4.63. The molecular weight excluding hydrogens is 339 g/mol. The number of imide groups is 1. The fourth-order valence-electron chi connectivity index (χ4n) is 3.11. The number of hydrogen-bond acceptors (Lipinski definition) is 3. The van der Waals surface area contributed by atoms with Gasteiger partial charge in [0.2, 0.25) is 5.91 Å². The molecule has 5 nitrogen and oxygen atoms in total. The Balaban J connectivity index is 0.00000243. The number of nitrogens with one attached hydrogen (secondary N) is 1. The standard InChI is InChI=1S/C20H20N2O3.Na/c23-17-20(18(24)22-19(25)21-17,13-11-15-7-3-1-4-8-15)14-12-16-9-5-2-6-10-16;/h1-10H,11-14H2,(H2,21,22,23,24,25);/q;+1/p-1. The number of carbonyl (C=O) groups excluding carboxylic acids is 2. The van der Waals surface area contributed by atoms with Crippen molar-refractivity contribution in [2.75, 3.05) is 0 Å². The van der Waals surface area contributed by atoms with Crippen molar-refractivity contribution in [3.8, 4) is 0 Å².